The van der Waals surface area contributed by atoms with Gasteiger partial charge in [0.25, 0.3) is 5.91 Å². The highest BCUT2D eigenvalue weighted by atomic mass is 19.4. The van der Waals surface area contributed by atoms with Crippen LogP contribution in [0, 0.1) is 11.6 Å². The van der Waals surface area contributed by atoms with Crippen molar-refractivity contribution in [2.24, 2.45) is 0 Å². The summed E-state index contributed by atoms with van der Waals surface area (Å²) >= 11 is 0. The van der Waals surface area contributed by atoms with E-state index in [9.17, 15) is 26.7 Å². The van der Waals surface area contributed by atoms with Crippen molar-refractivity contribution in [1.29, 1.82) is 0 Å². The molecule has 174 valence electrons. The number of anilines is 2. The number of methoxy groups -OCH3 is 1. The van der Waals surface area contributed by atoms with Gasteiger partial charge in [0.05, 0.1) is 7.11 Å². The van der Waals surface area contributed by atoms with Crippen LogP contribution in [-0.2, 0) is 6.42 Å². The fourth-order valence-electron chi connectivity index (χ4n) is 2.88. The lowest BCUT2D eigenvalue weighted by atomic mass is 10.1. The number of nitrogens with one attached hydrogen (secondary N) is 2. The van der Waals surface area contributed by atoms with Crippen molar-refractivity contribution < 1.29 is 36.2 Å². The first kappa shape index (κ1) is 23.8. The highest BCUT2D eigenvalue weighted by Gasteiger charge is 2.30. The number of halogens is 5. The quantitative estimate of drug-likeness (QED) is 0.457. The molecule has 0 fully saturated rings. The number of hydrogen-bond donors (Lipinski definition) is 2. The fourth-order valence-corrected chi connectivity index (χ4v) is 2.88. The van der Waals surface area contributed by atoms with Crippen molar-refractivity contribution >= 4 is 17.4 Å². The molecule has 0 radical (unpaired) electrons. The molecule has 2 N–H and O–H groups in total. The van der Waals surface area contributed by atoms with E-state index in [1.807, 2.05) is 0 Å². The van der Waals surface area contributed by atoms with E-state index in [2.05, 4.69) is 20.4 Å². The Morgan fingerprint density at radius 3 is 2.27 bits per heavy atom. The van der Waals surface area contributed by atoms with Crippen molar-refractivity contribution in [2.75, 3.05) is 19.0 Å². The second kappa shape index (κ2) is 10.2. The minimum absolute atomic E-state index is 0.0618. The first-order chi connectivity index (χ1) is 15.6. The van der Waals surface area contributed by atoms with Gasteiger partial charge in [-0.25, -0.2) is 13.8 Å². The average Bonchev–Trinajstić information content (AvgIpc) is 2.73. The Morgan fingerprint density at radius 2 is 1.67 bits per heavy atom. The summed E-state index contributed by atoms with van der Waals surface area (Å²) in [5, 5.41) is 5.36. The van der Waals surface area contributed by atoms with Crippen molar-refractivity contribution in [3.8, 4) is 11.5 Å². The molecule has 0 bridgehead atoms. The number of nitrogens with zero attached hydrogens (tertiary/aromatic N) is 1. The maximum Gasteiger partial charge on any atom is 0.573 e. The monoisotopic (exact) mass is 467 g/mol. The van der Waals surface area contributed by atoms with E-state index in [1.54, 1.807) is 0 Å². The number of hydrogen-bond acceptors (Lipinski definition) is 5. The Morgan fingerprint density at radius 1 is 1.00 bits per heavy atom. The van der Waals surface area contributed by atoms with Gasteiger partial charge in [0, 0.05) is 18.3 Å². The van der Waals surface area contributed by atoms with Crippen molar-refractivity contribution in [1.82, 2.24) is 10.3 Å². The van der Waals surface area contributed by atoms with Crippen LogP contribution in [0.2, 0.25) is 0 Å². The maximum atomic E-state index is 13.4. The molecule has 0 saturated heterocycles. The van der Waals surface area contributed by atoms with Crippen LogP contribution in [-0.4, -0.2) is 30.9 Å². The Bertz CT molecular complexity index is 1100. The highest BCUT2D eigenvalue weighted by Crippen LogP contribution is 2.24. The molecule has 0 atom stereocenters. The number of rotatable bonds is 8. The van der Waals surface area contributed by atoms with E-state index in [-0.39, 0.29) is 35.2 Å². The number of pyridine rings is 1. The van der Waals surface area contributed by atoms with Crippen molar-refractivity contribution in [3.05, 3.63) is 77.5 Å². The molecule has 1 amide bonds. The summed E-state index contributed by atoms with van der Waals surface area (Å²) in [6, 6.07) is 11.1. The minimum atomic E-state index is -4.77. The molecule has 6 nitrogen and oxygen atoms in total. The Hall–Kier alpha value is -3.89. The standard InChI is InChI=1S/C22H18F5N3O3/c1-32-18-6-7-19(29-16-11-14(23)10-15(24)12-16)30-20(18)21(31)28-9-8-13-2-4-17(5-3-13)33-22(25,26)27/h2-7,10-12H,8-9H2,1H3,(H,28,31)(H,29,30). The molecule has 0 saturated carbocycles. The van der Waals surface area contributed by atoms with E-state index in [0.29, 0.717) is 12.0 Å². The zero-order valence-corrected chi connectivity index (χ0v) is 17.2. The number of ether oxygens (including phenoxy) is 2. The molecule has 2 aromatic carbocycles. The molecule has 0 aliphatic rings. The Kier molecular flexibility index (Phi) is 7.31. The van der Waals surface area contributed by atoms with Gasteiger partial charge in [-0.1, -0.05) is 12.1 Å². The van der Waals surface area contributed by atoms with E-state index >= 15 is 0 Å². The fraction of sp³-hybridized carbons (Fsp3) is 0.182. The van der Waals surface area contributed by atoms with Gasteiger partial charge in [-0.05, 0) is 48.4 Å². The van der Waals surface area contributed by atoms with Crippen LogP contribution in [0.15, 0.2) is 54.6 Å². The van der Waals surface area contributed by atoms with Crippen LogP contribution in [0.25, 0.3) is 0 Å². The summed E-state index contributed by atoms with van der Waals surface area (Å²) in [5.74, 6) is -2.13. The summed E-state index contributed by atoms with van der Waals surface area (Å²) in [6.45, 7) is 0.163. The van der Waals surface area contributed by atoms with Crippen molar-refractivity contribution in [2.45, 2.75) is 12.8 Å². The number of aromatic nitrogens is 1. The van der Waals surface area contributed by atoms with E-state index in [0.717, 1.165) is 18.2 Å². The Balaban J connectivity index is 1.63. The second-order valence-corrected chi connectivity index (χ2v) is 6.73. The summed E-state index contributed by atoms with van der Waals surface area (Å²) in [6.07, 6.45) is -4.44. The maximum absolute atomic E-state index is 13.4. The third-order valence-electron chi connectivity index (χ3n) is 4.28. The third-order valence-corrected chi connectivity index (χ3v) is 4.28. The molecule has 0 aliphatic heterocycles. The lowest BCUT2D eigenvalue weighted by Gasteiger charge is -2.12. The normalized spacial score (nSPS) is 11.1. The largest absolute Gasteiger partial charge is 0.573 e. The van der Waals surface area contributed by atoms with Crippen LogP contribution in [0.5, 0.6) is 11.5 Å². The van der Waals surface area contributed by atoms with Gasteiger partial charge in [0.1, 0.15) is 29.0 Å². The molecular formula is C22H18F5N3O3. The summed E-state index contributed by atoms with van der Waals surface area (Å²) in [5.41, 5.74) is 0.719. The molecule has 0 aliphatic carbocycles. The first-order valence-corrected chi connectivity index (χ1v) is 9.54. The highest BCUT2D eigenvalue weighted by molar-refractivity contribution is 5.95. The minimum Gasteiger partial charge on any atom is -0.494 e. The zero-order chi connectivity index (χ0) is 24.0. The number of carbonyl (C=O) groups is 1. The molecule has 0 spiro atoms. The first-order valence-electron chi connectivity index (χ1n) is 9.54. The number of amides is 1. The third kappa shape index (κ3) is 7.06. The number of alkyl halides is 3. The van der Waals surface area contributed by atoms with Gasteiger partial charge >= 0.3 is 6.36 Å². The predicted molar refractivity (Wildman–Crippen MR) is 110 cm³/mol. The van der Waals surface area contributed by atoms with Gasteiger partial charge in [-0.3, -0.25) is 4.79 Å². The second-order valence-electron chi connectivity index (χ2n) is 6.73. The topological polar surface area (TPSA) is 72.5 Å². The van der Waals surface area contributed by atoms with Crippen LogP contribution in [0.4, 0.5) is 33.5 Å². The van der Waals surface area contributed by atoms with Gasteiger partial charge < -0.3 is 20.1 Å². The van der Waals surface area contributed by atoms with Gasteiger partial charge in [-0.15, -0.1) is 13.2 Å². The molecule has 0 unspecified atom stereocenters. The zero-order valence-electron chi connectivity index (χ0n) is 17.2. The number of benzene rings is 2. The summed E-state index contributed by atoms with van der Waals surface area (Å²) in [7, 11) is 1.35. The predicted octanol–water partition coefficient (Wildman–Crippen LogP) is 4.98. The Labute approximate surface area is 185 Å². The molecule has 33 heavy (non-hydrogen) atoms. The lowest BCUT2D eigenvalue weighted by Crippen LogP contribution is -2.27. The summed E-state index contributed by atoms with van der Waals surface area (Å²) in [4.78, 5) is 16.7. The molecule has 1 aromatic heterocycles. The van der Waals surface area contributed by atoms with Crippen LogP contribution in [0.1, 0.15) is 16.1 Å². The molecule has 1 heterocycles. The molecule has 11 heteroatoms. The smallest absolute Gasteiger partial charge is 0.494 e. The SMILES string of the molecule is COc1ccc(Nc2cc(F)cc(F)c2)nc1C(=O)NCCc1ccc(OC(F)(F)F)cc1. The number of carbonyl (C=O) groups excluding carboxylic acids is 1. The van der Waals surface area contributed by atoms with Crippen molar-refractivity contribution in [3.63, 3.8) is 0 Å². The van der Waals surface area contributed by atoms with E-state index in [1.165, 1.54) is 43.5 Å². The van der Waals surface area contributed by atoms with Gasteiger partial charge in [0.2, 0.25) is 0 Å². The molecular weight excluding hydrogens is 449 g/mol. The van der Waals surface area contributed by atoms with Crippen LogP contribution < -0.4 is 20.1 Å². The van der Waals surface area contributed by atoms with E-state index in [4.69, 9.17) is 4.74 Å². The van der Waals surface area contributed by atoms with E-state index < -0.39 is 23.9 Å². The molecule has 3 rings (SSSR count). The lowest BCUT2D eigenvalue weighted by molar-refractivity contribution is -0.274. The summed E-state index contributed by atoms with van der Waals surface area (Å²) < 4.78 is 72.4. The van der Waals surface area contributed by atoms with Crippen LogP contribution in [0.3, 0.4) is 0 Å². The molecule has 3 aromatic rings. The van der Waals surface area contributed by atoms with Crippen LogP contribution >= 0.6 is 0 Å². The van der Waals surface area contributed by atoms with Gasteiger partial charge in [0.15, 0.2) is 5.69 Å². The van der Waals surface area contributed by atoms with Gasteiger partial charge in [-0.2, -0.15) is 0 Å². The average molecular weight is 467 g/mol.